The van der Waals surface area contributed by atoms with Crippen LogP contribution in [-0.2, 0) is 6.42 Å². The number of rotatable bonds is 2. The van der Waals surface area contributed by atoms with E-state index in [0.29, 0.717) is 0 Å². The molecule has 0 amide bonds. The third kappa shape index (κ3) is 1.80. The molecule has 0 spiro atoms. The third-order valence-electron chi connectivity index (χ3n) is 3.35. The van der Waals surface area contributed by atoms with E-state index in [4.69, 9.17) is 0 Å². The molecule has 0 aliphatic rings. The Morgan fingerprint density at radius 2 is 1.83 bits per heavy atom. The Balaban J connectivity index is 2.15. The fraction of sp³-hybridized carbons (Fsp3) is 0.188. The fourth-order valence-electron chi connectivity index (χ4n) is 2.25. The van der Waals surface area contributed by atoms with E-state index >= 15 is 0 Å². The topological polar surface area (TPSA) is 28.7 Å². The maximum Gasteiger partial charge on any atom is 0.0999 e. The van der Waals surface area contributed by atoms with E-state index in [2.05, 4.69) is 66.5 Å². The lowest BCUT2D eigenvalue weighted by atomic mass is 10.0. The monoisotopic (exact) mass is 236 g/mol. The fourth-order valence-corrected chi connectivity index (χ4v) is 2.25. The number of aryl methyl sites for hydroxylation is 2. The molecule has 0 radical (unpaired) electrons. The minimum Gasteiger partial charge on any atom is -0.277 e. The van der Waals surface area contributed by atoms with E-state index in [0.717, 1.165) is 17.6 Å². The quantitative estimate of drug-likeness (QED) is 0.713. The van der Waals surface area contributed by atoms with Gasteiger partial charge in [-0.25, -0.2) is 0 Å². The van der Waals surface area contributed by atoms with Crippen LogP contribution in [0.2, 0.25) is 0 Å². The summed E-state index contributed by atoms with van der Waals surface area (Å²) in [6.07, 6.45) is 1.07. The Morgan fingerprint density at radius 1 is 1.06 bits per heavy atom. The van der Waals surface area contributed by atoms with Gasteiger partial charge in [-0.2, -0.15) is 5.10 Å². The van der Waals surface area contributed by atoms with E-state index < -0.39 is 0 Å². The van der Waals surface area contributed by atoms with Crippen LogP contribution in [0.1, 0.15) is 18.1 Å². The second-order valence-electron chi connectivity index (χ2n) is 4.67. The van der Waals surface area contributed by atoms with Gasteiger partial charge in [0, 0.05) is 10.9 Å². The van der Waals surface area contributed by atoms with Crippen LogP contribution in [0.15, 0.2) is 42.5 Å². The summed E-state index contributed by atoms with van der Waals surface area (Å²) in [7, 11) is 0. The summed E-state index contributed by atoms with van der Waals surface area (Å²) in [5.74, 6) is 0. The second kappa shape index (κ2) is 4.30. The van der Waals surface area contributed by atoms with Gasteiger partial charge < -0.3 is 0 Å². The number of benzene rings is 2. The molecule has 0 aliphatic heterocycles. The molecule has 0 aliphatic carbocycles. The molecule has 1 N–H and O–H groups in total. The van der Waals surface area contributed by atoms with E-state index in [1.165, 1.54) is 22.1 Å². The van der Waals surface area contributed by atoms with Crippen molar-refractivity contribution in [1.82, 2.24) is 10.2 Å². The molecule has 3 aromatic rings. The van der Waals surface area contributed by atoms with E-state index in [9.17, 15) is 0 Å². The van der Waals surface area contributed by atoms with Gasteiger partial charge in [-0.15, -0.1) is 0 Å². The minimum atomic E-state index is 1.04. The number of aromatic amines is 1. The molecule has 0 bridgehead atoms. The molecular weight excluding hydrogens is 220 g/mol. The third-order valence-corrected chi connectivity index (χ3v) is 3.35. The molecule has 18 heavy (non-hydrogen) atoms. The lowest BCUT2D eigenvalue weighted by molar-refractivity contribution is 1.12. The SMILES string of the molecule is CCc1ccc(-c2n[nH]c3ccc(C)cc23)cc1. The summed E-state index contributed by atoms with van der Waals surface area (Å²) in [4.78, 5) is 0. The Hall–Kier alpha value is -2.09. The molecule has 2 aromatic carbocycles. The molecule has 90 valence electrons. The standard InChI is InChI=1S/C16H16N2/c1-3-12-5-7-13(8-6-12)16-14-10-11(2)4-9-15(14)17-18-16/h4-10H,3H2,1-2H3,(H,17,18). The Bertz CT molecular complexity index is 678. The number of nitrogens with zero attached hydrogens (tertiary/aromatic N) is 1. The first-order valence-electron chi connectivity index (χ1n) is 6.32. The van der Waals surface area contributed by atoms with Crippen molar-refractivity contribution in [2.75, 3.05) is 0 Å². The summed E-state index contributed by atoms with van der Waals surface area (Å²) in [5.41, 5.74) is 5.92. The molecule has 1 aromatic heterocycles. The highest BCUT2D eigenvalue weighted by Gasteiger charge is 2.07. The number of nitrogens with one attached hydrogen (secondary N) is 1. The zero-order valence-corrected chi connectivity index (χ0v) is 10.7. The molecule has 2 nitrogen and oxygen atoms in total. The van der Waals surface area contributed by atoms with Crippen molar-refractivity contribution in [2.45, 2.75) is 20.3 Å². The summed E-state index contributed by atoms with van der Waals surface area (Å²) < 4.78 is 0. The lowest BCUT2D eigenvalue weighted by Crippen LogP contribution is -1.82. The number of hydrogen-bond donors (Lipinski definition) is 1. The van der Waals surface area contributed by atoms with Crippen molar-refractivity contribution in [3.05, 3.63) is 53.6 Å². The van der Waals surface area contributed by atoms with Gasteiger partial charge in [-0.1, -0.05) is 42.8 Å². The van der Waals surface area contributed by atoms with E-state index in [-0.39, 0.29) is 0 Å². The Morgan fingerprint density at radius 3 is 2.56 bits per heavy atom. The molecule has 0 unspecified atom stereocenters. The van der Waals surface area contributed by atoms with Crippen molar-refractivity contribution < 1.29 is 0 Å². The summed E-state index contributed by atoms with van der Waals surface area (Å²) in [6.45, 7) is 4.28. The zero-order chi connectivity index (χ0) is 12.5. The first kappa shape index (κ1) is 11.0. The van der Waals surface area contributed by atoms with Crippen LogP contribution in [0.5, 0.6) is 0 Å². The van der Waals surface area contributed by atoms with Crippen LogP contribution in [0.25, 0.3) is 22.2 Å². The first-order chi connectivity index (χ1) is 8.78. The highest BCUT2D eigenvalue weighted by molar-refractivity contribution is 5.93. The number of hydrogen-bond acceptors (Lipinski definition) is 1. The first-order valence-corrected chi connectivity index (χ1v) is 6.32. The second-order valence-corrected chi connectivity index (χ2v) is 4.67. The van der Waals surface area contributed by atoms with Gasteiger partial charge in [-0.3, -0.25) is 5.10 Å². The van der Waals surface area contributed by atoms with Gasteiger partial charge in [0.1, 0.15) is 0 Å². The maximum atomic E-state index is 4.44. The van der Waals surface area contributed by atoms with Crippen molar-refractivity contribution >= 4 is 10.9 Å². The van der Waals surface area contributed by atoms with Crippen LogP contribution >= 0.6 is 0 Å². The zero-order valence-electron chi connectivity index (χ0n) is 10.7. The molecule has 1 heterocycles. The normalized spacial score (nSPS) is 11.0. The van der Waals surface area contributed by atoms with Crippen molar-refractivity contribution in [2.24, 2.45) is 0 Å². The minimum absolute atomic E-state index is 1.04. The summed E-state index contributed by atoms with van der Waals surface area (Å²) in [6, 6.07) is 15.0. The highest BCUT2D eigenvalue weighted by atomic mass is 15.1. The summed E-state index contributed by atoms with van der Waals surface area (Å²) >= 11 is 0. The van der Waals surface area contributed by atoms with Crippen LogP contribution < -0.4 is 0 Å². The van der Waals surface area contributed by atoms with E-state index in [1.807, 2.05) is 0 Å². The summed E-state index contributed by atoms with van der Waals surface area (Å²) in [5, 5.41) is 8.72. The van der Waals surface area contributed by atoms with Crippen molar-refractivity contribution in [3.63, 3.8) is 0 Å². The molecule has 0 atom stereocenters. The average molecular weight is 236 g/mol. The average Bonchev–Trinajstić information content (AvgIpc) is 2.82. The number of aromatic nitrogens is 2. The molecule has 0 saturated heterocycles. The predicted octanol–water partition coefficient (Wildman–Crippen LogP) is 4.10. The molecule has 0 saturated carbocycles. The van der Waals surface area contributed by atoms with Crippen molar-refractivity contribution in [3.8, 4) is 11.3 Å². The van der Waals surface area contributed by atoms with Gasteiger partial charge in [0.05, 0.1) is 11.2 Å². The number of fused-ring (bicyclic) bond motifs is 1. The lowest BCUT2D eigenvalue weighted by Gasteiger charge is -2.01. The molecule has 3 rings (SSSR count). The highest BCUT2D eigenvalue weighted by Crippen LogP contribution is 2.27. The van der Waals surface area contributed by atoms with Crippen molar-refractivity contribution in [1.29, 1.82) is 0 Å². The van der Waals surface area contributed by atoms with Crippen LogP contribution in [0.3, 0.4) is 0 Å². The Labute approximate surface area is 107 Å². The van der Waals surface area contributed by atoms with Gasteiger partial charge in [0.15, 0.2) is 0 Å². The Kier molecular flexibility index (Phi) is 2.63. The largest absolute Gasteiger partial charge is 0.277 e. The molecule has 2 heteroatoms. The van der Waals surface area contributed by atoms with Gasteiger partial charge in [-0.05, 0) is 31.0 Å². The van der Waals surface area contributed by atoms with E-state index in [1.54, 1.807) is 0 Å². The van der Waals surface area contributed by atoms with Gasteiger partial charge in [0.2, 0.25) is 0 Å². The number of H-pyrrole nitrogens is 1. The van der Waals surface area contributed by atoms with Crippen LogP contribution in [0, 0.1) is 6.92 Å². The smallest absolute Gasteiger partial charge is 0.0999 e. The van der Waals surface area contributed by atoms with Crippen LogP contribution in [0.4, 0.5) is 0 Å². The molecule has 0 fully saturated rings. The predicted molar refractivity (Wildman–Crippen MR) is 75.6 cm³/mol. The van der Waals surface area contributed by atoms with Gasteiger partial charge >= 0.3 is 0 Å². The maximum absolute atomic E-state index is 4.44. The van der Waals surface area contributed by atoms with Crippen LogP contribution in [-0.4, -0.2) is 10.2 Å². The molecular formula is C16H16N2. The van der Waals surface area contributed by atoms with Gasteiger partial charge in [0.25, 0.3) is 0 Å².